The molecule has 5 rings (SSSR count). The number of rotatable bonds is 9. The maximum atomic E-state index is 3.82. The van der Waals surface area contributed by atoms with Gasteiger partial charge in [0.15, 0.2) is 0 Å². The van der Waals surface area contributed by atoms with E-state index in [1.807, 2.05) is 12.2 Å². The molecule has 2 nitrogen and oxygen atoms in total. The summed E-state index contributed by atoms with van der Waals surface area (Å²) in [6.07, 6.45) is 29.0. The molecular weight excluding hydrogens is 544 g/mol. The van der Waals surface area contributed by atoms with Crippen molar-refractivity contribution in [3.63, 3.8) is 0 Å². The van der Waals surface area contributed by atoms with Crippen LogP contribution >= 0.6 is 0 Å². The van der Waals surface area contributed by atoms with Crippen LogP contribution in [-0.4, -0.2) is 0 Å². The fourth-order valence-corrected chi connectivity index (χ4v) is 5.76. The maximum Gasteiger partial charge on any atom is 0.0530 e. The quantitative estimate of drug-likeness (QED) is 0.229. The molecule has 0 amide bonds. The van der Waals surface area contributed by atoms with E-state index in [1.165, 1.54) is 44.9 Å². The fourth-order valence-electron chi connectivity index (χ4n) is 5.76. The van der Waals surface area contributed by atoms with Crippen LogP contribution in [-0.2, 0) is 0 Å². The summed E-state index contributed by atoms with van der Waals surface area (Å²) in [5, 5.41) is 0. The van der Waals surface area contributed by atoms with Crippen LogP contribution < -0.4 is 9.80 Å². The largest absolute Gasteiger partial charge is 0.310 e. The van der Waals surface area contributed by atoms with Gasteiger partial charge in [0.05, 0.1) is 5.70 Å². The normalized spacial score (nSPS) is 17.7. The van der Waals surface area contributed by atoms with Crippen molar-refractivity contribution in [2.75, 3.05) is 9.80 Å². The van der Waals surface area contributed by atoms with Gasteiger partial charge in [0.1, 0.15) is 0 Å². The van der Waals surface area contributed by atoms with E-state index in [2.05, 4.69) is 172 Å². The number of benzene rings is 3. The summed E-state index contributed by atoms with van der Waals surface area (Å²) in [7, 11) is 0. The van der Waals surface area contributed by atoms with Gasteiger partial charge in [-0.15, -0.1) is 0 Å². The minimum Gasteiger partial charge on any atom is -0.310 e. The Hall–Kier alpha value is -5.08. The van der Waals surface area contributed by atoms with E-state index in [-0.39, 0.29) is 0 Å². The highest BCUT2D eigenvalue weighted by molar-refractivity contribution is 5.77. The zero-order valence-corrected chi connectivity index (χ0v) is 27.1. The lowest BCUT2D eigenvalue weighted by atomic mass is 10.00. The first kappa shape index (κ1) is 31.3. The highest BCUT2D eigenvalue weighted by atomic mass is 15.2. The standard InChI is InChI=1S/C43H44N2/c1-6-9-12-20-38-32-27-37-19-13-10-11-14-22-43(37)44(38)39-28-23-35(24-29-39)36-25-30-40(31-26-36)45(41(17-7-2)33(4)8-3)42-21-16-15-18-34(42)5/h6,8-9,12-32H,1,7,10-11H2,2-5H3/b12-9-,19-13-,22-14-,33-8-,38-20+,41-17+. The Bertz CT molecular complexity index is 1750. The van der Waals surface area contributed by atoms with Gasteiger partial charge in [0.25, 0.3) is 0 Å². The highest BCUT2D eigenvalue weighted by Gasteiger charge is 2.21. The third kappa shape index (κ3) is 7.19. The molecule has 0 unspecified atom stereocenters. The van der Waals surface area contributed by atoms with Crippen molar-refractivity contribution >= 4 is 17.1 Å². The van der Waals surface area contributed by atoms with E-state index in [9.17, 15) is 0 Å². The number of para-hydroxylation sites is 1. The van der Waals surface area contributed by atoms with Crippen molar-refractivity contribution in [1.29, 1.82) is 0 Å². The van der Waals surface area contributed by atoms with Crippen molar-refractivity contribution in [2.45, 2.75) is 47.0 Å². The lowest BCUT2D eigenvalue weighted by molar-refractivity contribution is 1.02. The van der Waals surface area contributed by atoms with E-state index in [4.69, 9.17) is 0 Å². The molecule has 0 bridgehead atoms. The van der Waals surface area contributed by atoms with Gasteiger partial charge in [-0.1, -0.05) is 111 Å². The van der Waals surface area contributed by atoms with E-state index in [0.717, 1.165) is 36.3 Å². The molecule has 0 saturated carbocycles. The van der Waals surface area contributed by atoms with Gasteiger partial charge < -0.3 is 9.80 Å². The zero-order valence-electron chi connectivity index (χ0n) is 27.1. The lowest BCUT2D eigenvalue weighted by Gasteiger charge is -2.31. The molecule has 0 aromatic heterocycles. The first-order chi connectivity index (χ1) is 22.0. The van der Waals surface area contributed by atoms with Crippen molar-refractivity contribution in [3.8, 4) is 11.1 Å². The first-order valence-corrected chi connectivity index (χ1v) is 16.0. The average Bonchev–Trinajstić information content (AvgIpc) is 3.06. The van der Waals surface area contributed by atoms with Crippen LogP contribution in [0.3, 0.4) is 0 Å². The summed E-state index contributed by atoms with van der Waals surface area (Å²) in [6, 6.07) is 26.5. The second kappa shape index (κ2) is 15.1. The zero-order chi connectivity index (χ0) is 31.6. The number of hydrogen-bond donors (Lipinski definition) is 0. The number of nitrogens with zero attached hydrogens (tertiary/aromatic N) is 2. The van der Waals surface area contributed by atoms with Crippen LogP contribution in [0.15, 0.2) is 181 Å². The molecule has 226 valence electrons. The molecular formula is C43H44N2. The van der Waals surface area contributed by atoms with Crippen LogP contribution in [0.1, 0.15) is 45.6 Å². The van der Waals surface area contributed by atoms with Gasteiger partial charge >= 0.3 is 0 Å². The molecule has 0 N–H and O–H groups in total. The first-order valence-electron chi connectivity index (χ1n) is 16.0. The number of allylic oxidation sites excluding steroid dienone is 14. The minimum absolute atomic E-state index is 0.964. The monoisotopic (exact) mass is 588 g/mol. The van der Waals surface area contributed by atoms with Gasteiger partial charge in [-0.05, 0) is 116 Å². The Balaban J connectivity index is 1.50. The SMILES string of the molecule is C=C/C=C\C=C1/C=CC2=C(/C=C\CC/C=C\2)N1c1ccc(-c2ccc(N(C(=C/CC)/C(C)=C\C)c3ccccc3C)cc2)cc1. The summed E-state index contributed by atoms with van der Waals surface area (Å²) < 4.78 is 0. The average molecular weight is 589 g/mol. The topological polar surface area (TPSA) is 6.48 Å². The van der Waals surface area contributed by atoms with Gasteiger partial charge in [-0.2, -0.15) is 0 Å². The van der Waals surface area contributed by atoms with Crippen molar-refractivity contribution in [2.24, 2.45) is 0 Å². The molecule has 3 aromatic rings. The van der Waals surface area contributed by atoms with Crippen molar-refractivity contribution in [1.82, 2.24) is 0 Å². The predicted molar refractivity (Wildman–Crippen MR) is 197 cm³/mol. The molecule has 1 aliphatic carbocycles. The van der Waals surface area contributed by atoms with Gasteiger partial charge in [-0.25, -0.2) is 0 Å². The van der Waals surface area contributed by atoms with Gasteiger partial charge in [-0.3, -0.25) is 0 Å². The summed E-state index contributed by atoms with van der Waals surface area (Å²) in [5.74, 6) is 0. The Labute approximate surface area is 270 Å². The van der Waals surface area contributed by atoms with Crippen molar-refractivity contribution < 1.29 is 0 Å². The van der Waals surface area contributed by atoms with E-state index >= 15 is 0 Å². The Kier molecular flexibility index (Phi) is 10.5. The van der Waals surface area contributed by atoms with Crippen LogP contribution in [0.5, 0.6) is 0 Å². The molecule has 0 atom stereocenters. The van der Waals surface area contributed by atoms with Gasteiger partial charge in [0, 0.05) is 28.5 Å². The van der Waals surface area contributed by atoms with Gasteiger partial charge in [0.2, 0.25) is 0 Å². The van der Waals surface area contributed by atoms with E-state index in [0.29, 0.717) is 0 Å². The molecule has 0 radical (unpaired) electrons. The number of aryl methyl sites for hydroxylation is 1. The summed E-state index contributed by atoms with van der Waals surface area (Å²) in [6.45, 7) is 12.5. The Morgan fingerprint density at radius 3 is 2.20 bits per heavy atom. The summed E-state index contributed by atoms with van der Waals surface area (Å²) in [4.78, 5) is 4.73. The van der Waals surface area contributed by atoms with Crippen LogP contribution in [0, 0.1) is 6.92 Å². The number of anilines is 3. The molecule has 3 aromatic carbocycles. The molecule has 2 aliphatic rings. The van der Waals surface area contributed by atoms with E-state index < -0.39 is 0 Å². The molecule has 0 fully saturated rings. The highest BCUT2D eigenvalue weighted by Crippen LogP contribution is 2.38. The third-order valence-electron chi connectivity index (χ3n) is 8.23. The fraction of sp³-hybridized carbons (Fsp3) is 0.163. The van der Waals surface area contributed by atoms with Crippen LogP contribution in [0.25, 0.3) is 11.1 Å². The number of hydrogen-bond acceptors (Lipinski definition) is 2. The summed E-state index contributed by atoms with van der Waals surface area (Å²) >= 11 is 0. The molecule has 1 aliphatic heterocycles. The van der Waals surface area contributed by atoms with Crippen molar-refractivity contribution in [3.05, 3.63) is 186 Å². The smallest absolute Gasteiger partial charge is 0.0530 e. The second-order valence-electron chi connectivity index (χ2n) is 11.3. The molecule has 1 heterocycles. The predicted octanol–water partition coefficient (Wildman–Crippen LogP) is 12.2. The molecule has 0 spiro atoms. The third-order valence-corrected chi connectivity index (χ3v) is 8.23. The molecule has 2 heteroatoms. The molecule has 0 saturated heterocycles. The van der Waals surface area contributed by atoms with Crippen LogP contribution in [0.4, 0.5) is 17.1 Å². The Morgan fingerprint density at radius 1 is 0.844 bits per heavy atom. The Morgan fingerprint density at radius 2 is 1.53 bits per heavy atom. The van der Waals surface area contributed by atoms with Crippen LogP contribution in [0.2, 0.25) is 0 Å². The van der Waals surface area contributed by atoms with E-state index in [1.54, 1.807) is 6.08 Å². The second-order valence-corrected chi connectivity index (χ2v) is 11.3. The maximum absolute atomic E-state index is 3.82. The minimum atomic E-state index is 0.964. The lowest BCUT2D eigenvalue weighted by Crippen LogP contribution is -2.23. The molecule has 45 heavy (non-hydrogen) atoms. The summed E-state index contributed by atoms with van der Waals surface area (Å²) in [5.41, 5.74) is 13.1.